The van der Waals surface area contributed by atoms with E-state index in [0.29, 0.717) is 18.6 Å². The second kappa shape index (κ2) is 8.94. The number of hydrogen-bond donors (Lipinski definition) is 1. The number of benzene rings is 1. The summed E-state index contributed by atoms with van der Waals surface area (Å²) in [5, 5.41) is 3.59. The molecule has 1 unspecified atom stereocenters. The molecule has 0 aliphatic carbocycles. The van der Waals surface area contributed by atoms with Crippen molar-refractivity contribution in [2.24, 2.45) is 5.92 Å². The third-order valence-electron chi connectivity index (χ3n) is 2.89. The van der Waals surface area contributed by atoms with Crippen molar-refractivity contribution in [1.29, 1.82) is 0 Å². The molecule has 0 saturated heterocycles. The second-order valence-corrected chi connectivity index (χ2v) is 5.70. The first-order valence-corrected chi connectivity index (χ1v) is 7.14. The van der Waals surface area contributed by atoms with Crippen LogP contribution in [0.15, 0.2) is 30.3 Å². The van der Waals surface area contributed by atoms with Crippen molar-refractivity contribution in [1.82, 2.24) is 10.2 Å². The highest BCUT2D eigenvalue weighted by atomic mass is 16.5. The summed E-state index contributed by atoms with van der Waals surface area (Å²) in [5.41, 5.74) is 0. The Morgan fingerprint density at radius 3 is 2.42 bits per heavy atom. The summed E-state index contributed by atoms with van der Waals surface area (Å²) in [4.78, 5) is 2.23. The van der Waals surface area contributed by atoms with Crippen LogP contribution in [0.3, 0.4) is 0 Å². The fraction of sp³-hybridized carbons (Fsp3) is 0.625. The maximum absolute atomic E-state index is 5.69. The first kappa shape index (κ1) is 16.0. The van der Waals surface area contributed by atoms with Crippen LogP contribution in [0.5, 0.6) is 5.75 Å². The van der Waals surface area contributed by atoms with Gasteiger partial charge in [-0.25, -0.2) is 0 Å². The van der Waals surface area contributed by atoms with Crippen molar-refractivity contribution >= 4 is 0 Å². The zero-order valence-corrected chi connectivity index (χ0v) is 12.7. The Balaban J connectivity index is 2.23. The van der Waals surface area contributed by atoms with E-state index in [1.165, 1.54) is 6.42 Å². The standard InChI is InChI=1S/C16H28N2O/c1-14(2)12-15(13-18(3)4)17-10-11-19-16-8-6-5-7-9-16/h5-9,14-15,17H,10-13H2,1-4H3. The number of ether oxygens (including phenoxy) is 1. The summed E-state index contributed by atoms with van der Waals surface area (Å²) < 4.78 is 5.69. The predicted molar refractivity (Wildman–Crippen MR) is 81.7 cm³/mol. The number of likely N-dealkylation sites (N-methyl/N-ethyl adjacent to an activating group) is 1. The Labute approximate surface area is 118 Å². The van der Waals surface area contributed by atoms with Crippen molar-refractivity contribution in [2.75, 3.05) is 33.8 Å². The molecule has 3 nitrogen and oxygen atoms in total. The molecule has 0 bridgehead atoms. The number of nitrogens with zero attached hydrogens (tertiary/aromatic N) is 1. The zero-order valence-electron chi connectivity index (χ0n) is 12.7. The lowest BCUT2D eigenvalue weighted by molar-refractivity contribution is 0.270. The minimum atomic E-state index is 0.536. The molecule has 0 saturated carbocycles. The van der Waals surface area contributed by atoms with Gasteiger partial charge in [0.05, 0.1) is 0 Å². The Hall–Kier alpha value is -1.06. The van der Waals surface area contributed by atoms with Gasteiger partial charge in [-0.05, 0) is 38.6 Å². The highest BCUT2D eigenvalue weighted by Gasteiger charge is 2.11. The molecule has 1 atom stereocenters. The largest absolute Gasteiger partial charge is 0.492 e. The lowest BCUT2D eigenvalue weighted by atomic mass is 10.0. The molecule has 108 valence electrons. The number of rotatable bonds is 9. The summed E-state index contributed by atoms with van der Waals surface area (Å²) in [6.07, 6.45) is 1.20. The van der Waals surface area contributed by atoms with Crippen molar-refractivity contribution in [2.45, 2.75) is 26.3 Å². The van der Waals surface area contributed by atoms with Gasteiger partial charge in [-0.1, -0.05) is 32.0 Å². The van der Waals surface area contributed by atoms with Crippen molar-refractivity contribution in [3.8, 4) is 5.75 Å². The van der Waals surface area contributed by atoms with Gasteiger partial charge in [0.2, 0.25) is 0 Å². The maximum Gasteiger partial charge on any atom is 0.119 e. The van der Waals surface area contributed by atoms with Gasteiger partial charge in [-0.3, -0.25) is 0 Å². The van der Waals surface area contributed by atoms with Crippen LogP contribution < -0.4 is 10.1 Å². The average Bonchev–Trinajstić information content (AvgIpc) is 2.34. The number of hydrogen-bond acceptors (Lipinski definition) is 3. The maximum atomic E-state index is 5.69. The zero-order chi connectivity index (χ0) is 14.1. The molecule has 19 heavy (non-hydrogen) atoms. The van der Waals surface area contributed by atoms with E-state index in [9.17, 15) is 0 Å². The Kier molecular flexibility index (Phi) is 7.53. The predicted octanol–water partition coefficient (Wildman–Crippen LogP) is 2.63. The summed E-state index contributed by atoms with van der Waals surface area (Å²) in [5.74, 6) is 1.66. The molecule has 3 heteroatoms. The molecule has 1 aromatic rings. The highest BCUT2D eigenvalue weighted by molar-refractivity contribution is 5.20. The van der Waals surface area contributed by atoms with E-state index < -0.39 is 0 Å². The van der Waals surface area contributed by atoms with Gasteiger partial charge >= 0.3 is 0 Å². The molecule has 1 rings (SSSR count). The summed E-state index contributed by atoms with van der Waals surface area (Å²) in [6, 6.07) is 10.5. The van der Waals surface area contributed by atoms with Crippen LogP contribution in [0, 0.1) is 5.92 Å². The van der Waals surface area contributed by atoms with Crippen LogP contribution >= 0.6 is 0 Å². The molecule has 0 aromatic heterocycles. The van der Waals surface area contributed by atoms with Crippen molar-refractivity contribution in [3.05, 3.63) is 30.3 Å². The molecule has 0 heterocycles. The molecule has 0 fully saturated rings. The second-order valence-electron chi connectivity index (χ2n) is 5.70. The topological polar surface area (TPSA) is 24.5 Å². The molecular formula is C16H28N2O. The van der Waals surface area contributed by atoms with E-state index in [4.69, 9.17) is 4.74 Å². The van der Waals surface area contributed by atoms with Gasteiger partial charge in [-0.2, -0.15) is 0 Å². The molecule has 1 aromatic carbocycles. The molecule has 0 spiro atoms. The fourth-order valence-corrected chi connectivity index (χ4v) is 2.18. The molecular weight excluding hydrogens is 236 g/mol. The average molecular weight is 264 g/mol. The van der Waals surface area contributed by atoms with Gasteiger partial charge in [0, 0.05) is 19.1 Å². The Morgan fingerprint density at radius 1 is 1.16 bits per heavy atom. The van der Waals surface area contributed by atoms with Gasteiger partial charge in [0.25, 0.3) is 0 Å². The van der Waals surface area contributed by atoms with Crippen LogP contribution in [-0.2, 0) is 0 Å². The van der Waals surface area contributed by atoms with Crippen LogP contribution in [0.2, 0.25) is 0 Å². The van der Waals surface area contributed by atoms with E-state index in [1.807, 2.05) is 30.3 Å². The van der Waals surface area contributed by atoms with Gasteiger partial charge < -0.3 is 15.0 Å². The smallest absolute Gasteiger partial charge is 0.119 e. The molecule has 0 amide bonds. The van der Waals surface area contributed by atoms with Gasteiger partial charge in [0.15, 0.2) is 0 Å². The molecule has 0 aliphatic heterocycles. The van der Waals surface area contributed by atoms with Gasteiger partial charge in [0.1, 0.15) is 12.4 Å². The van der Waals surface area contributed by atoms with Crippen LogP contribution in [0.1, 0.15) is 20.3 Å². The van der Waals surface area contributed by atoms with E-state index in [0.717, 1.165) is 18.8 Å². The van der Waals surface area contributed by atoms with Crippen molar-refractivity contribution < 1.29 is 4.74 Å². The summed E-state index contributed by atoms with van der Waals surface area (Å²) >= 11 is 0. The van der Waals surface area contributed by atoms with Crippen LogP contribution in [-0.4, -0.2) is 44.7 Å². The SMILES string of the molecule is CC(C)CC(CN(C)C)NCCOc1ccccc1. The fourth-order valence-electron chi connectivity index (χ4n) is 2.18. The molecule has 0 aliphatic rings. The molecule has 1 N–H and O–H groups in total. The lowest BCUT2D eigenvalue weighted by Crippen LogP contribution is -2.41. The monoisotopic (exact) mass is 264 g/mol. The quantitative estimate of drug-likeness (QED) is 0.694. The van der Waals surface area contributed by atoms with Crippen molar-refractivity contribution in [3.63, 3.8) is 0 Å². The summed E-state index contributed by atoms with van der Waals surface area (Å²) in [7, 11) is 4.24. The minimum absolute atomic E-state index is 0.536. The lowest BCUT2D eigenvalue weighted by Gasteiger charge is -2.24. The van der Waals surface area contributed by atoms with E-state index in [-0.39, 0.29) is 0 Å². The first-order valence-electron chi connectivity index (χ1n) is 7.14. The van der Waals surface area contributed by atoms with E-state index in [1.54, 1.807) is 0 Å². The summed E-state index contributed by atoms with van der Waals surface area (Å²) in [6.45, 7) is 7.21. The van der Waals surface area contributed by atoms with Crippen LogP contribution in [0.25, 0.3) is 0 Å². The normalized spacial score (nSPS) is 12.9. The number of para-hydroxylation sites is 1. The molecule has 0 radical (unpaired) electrons. The number of nitrogens with one attached hydrogen (secondary N) is 1. The van der Waals surface area contributed by atoms with E-state index in [2.05, 4.69) is 38.2 Å². The van der Waals surface area contributed by atoms with Crippen LogP contribution in [0.4, 0.5) is 0 Å². The van der Waals surface area contributed by atoms with Gasteiger partial charge in [-0.15, -0.1) is 0 Å². The third-order valence-corrected chi connectivity index (χ3v) is 2.89. The van der Waals surface area contributed by atoms with E-state index >= 15 is 0 Å². The Morgan fingerprint density at radius 2 is 1.84 bits per heavy atom. The highest BCUT2D eigenvalue weighted by Crippen LogP contribution is 2.08. The Bertz CT molecular complexity index is 315. The third kappa shape index (κ3) is 7.85. The minimum Gasteiger partial charge on any atom is -0.492 e. The first-order chi connectivity index (χ1) is 9.08.